The van der Waals surface area contributed by atoms with Gasteiger partial charge in [0.1, 0.15) is 23.9 Å². The molecule has 0 saturated heterocycles. The Morgan fingerprint density at radius 2 is 2.21 bits per heavy atom. The van der Waals surface area contributed by atoms with Gasteiger partial charge in [-0.05, 0) is 25.0 Å². The maximum absolute atomic E-state index is 11.8. The van der Waals surface area contributed by atoms with Crippen molar-refractivity contribution in [3.63, 3.8) is 0 Å². The van der Waals surface area contributed by atoms with Crippen molar-refractivity contribution in [3.8, 4) is 0 Å². The Bertz CT molecular complexity index is 555. The van der Waals surface area contributed by atoms with Crippen molar-refractivity contribution in [3.05, 3.63) is 35.9 Å². The third kappa shape index (κ3) is 3.71. The molecule has 0 fully saturated rings. The van der Waals surface area contributed by atoms with Crippen LogP contribution in [0.5, 0.6) is 0 Å². The van der Waals surface area contributed by atoms with Crippen molar-refractivity contribution >= 4 is 11.7 Å². The van der Waals surface area contributed by atoms with E-state index in [1.807, 2.05) is 32.9 Å². The van der Waals surface area contributed by atoms with Gasteiger partial charge in [-0.25, -0.2) is 4.68 Å². The number of nitrogens with one attached hydrogen (secondary N) is 1. The molecule has 5 heteroatoms. The lowest BCUT2D eigenvalue weighted by molar-refractivity contribution is -0.116. The van der Waals surface area contributed by atoms with Crippen molar-refractivity contribution in [2.45, 2.75) is 33.7 Å². The van der Waals surface area contributed by atoms with Crippen LogP contribution in [0.2, 0.25) is 0 Å². The van der Waals surface area contributed by atoms with E-state index in [1.165, 1.54) is 0 Å². The zero-order valence-corrected chi connectivity index (χ0v) is 11.5. The van der Waals surface area contributed by atoms with Gasteiger partial charge in [0, 0.05) is 12.5 Å². The SMILES string of the molecule is Cc1ccc(Cn2nccc2NC(=O)CC(C)C)o1. The number of hydrogen-bond donors (Lipinski definition) is 1. The number of nitrogens with zero attached hydrogens (tertiary/aromatic N) is 2. The second kappa shape index (κ2) is 5.73. The first kappa shape index (κ1) is 13.4. The Hall–Kier alpha value is -2.04. The van der Waals surface area contributed by atoms with Gasteiger partial charge in [0.25, 0.3) is 0 Å². The fourth-order valence-electron chi connectivity index (χ4n) is 1.85. The van der Waals surface area contributed by atoms with Crippen LogP contribution in [0.15, 0.2) is 28.8 Å². The molecular weight excluding hydrogens is 242 g/mol. The first-order valence-corrected chi connectivity index (χ1v) is 6.41. The molecule has 2 heterocycles. The maximum Gasteiger partial charge on any atom is 0.225 e. The summed E-state index contributed by atoms with van der Waals surface area (Å²) >= 11 is 0. The smallest absolute Gasteiger partial charge is 0.225 e. The van der Waals surface area contributed by atoms with E-state index in [-0.39, 0.29) is 5.91 Å². The minimum atomic E-state index is 0.00683. The molecule has 0 spiro atoms. The lowest BCUT2D eigenvalue weighted by atomic mass is 10.1. The zero-order valence-electron chi connectivity index (χ0n) is 11.5. The molecule has 2 aromatic heterocycles. The van der Waals surface area contributed by atoms with Crippen LogP contribution in [0.4, 0.5) is 5.82 Å². The number of carbonyl (C=O) groups is 1. The second-order valence-corrected chi connectivity index (χ2v) is 5.03. The molecule has 0 aromatic carbocycles. The molecule has 2 rings (SSSR count). The first-order chi connectivity index (χ1) is 9.04. The van der Waals surface area contributed by atoms with E-state index in [0.717, 1.165) is 11.5 Å². The quantitative estimate of drug-likeness (QED) is 0.900. The molecule has 1 N–H and O–H groups in total. The van der Waals surface area contributed by atoms with Crippen LogP contribution in [0.3, 0.4) is 0 Å². The van der Waals surface area contributed by atoms with Gasteiger partial charge >= 0.3 is 0 Å². The Morgan fingerprint density at radius 1 is 1.42 bits per heavy atom. The van der Waals surface area contributed by atoms with E-state index in [2.05, 4.69) is 10.4 Å². The monoisotopic (exact) mass is 261 g/mol. The Kier molecular flexibility index (Phi) is 4.04. The van der Waals surface area contributed by atoms with Crippen LogP contribution in [-0.4, -0.2) is 15.7 Å². The second-order valence-electron chi connectivity index (χ2n) is 5.03. The van der Waals surface area contributed by atoms with E-state index in [4.69, 9.17) is 4.42 Å². The highest BCUT2D eigenvalue weighted by atomic mass is 16.3. The average Bonchev–Trinajstić information content (AvgIpc) is 2.88. The Labute approximate surface area is 112 Å². The molecule has 0 aliphatic carbocycles. The highest BCUT2D eigenvalue weighted by Gasteiger charge is 2.10. The van der Waals surface area contributed by atoms with Crippen molar-refractivity contribution in [1.29, 1.82) is 0 Å². The molecule has 2 aromatic rings. The van der Waals surface area contributed by atoms with Gasteiger partial charge in [0.2, 0.25) is 5.91 Å². The van der Waals surface area contributed by atoms with Gasteiger partial charge in [-0.3, -0.25) is 4.79 Å². The Morgan fingerprint density at radius 3 is 2.84 bits per heavy atom. The van der Waals surface area contributed by atoms with E-state index < -0.39 is 0 Å². The summed E-state index contributed by atoms with van der Waals surface area (Å²) in [6.45, 7) is 6.45. The summed E-state index contributed by atoms with van der Waals surface area (Å²) in [5.41, 5.74) is 0. The van der Waals surface area contributed by atoms with Crippen LogP contribution < -0.4 is 5.32 Å². The van der Waals surface area contributed by atoms with E-state index >= 15 is 0 Å². The minimum absolute atomic E-state index is 0.00683. The minimum Gasteiger partial charge on any atom is -0.464 e. The van der Waals surface area contributed by atoms with Crippen molar-refractivity contribution < 1.29 is 9.21 Å². The van der Waals surface area contributed by atoms with Crippen molar-refractivity contribution in [2.75, 3.05) is 5.32 Å². The van der Waals surface area contributed by atoms with Crippen LogP contribution in [0.25, 0.3) is 0 Å². The fraction of sp³-hybridized carbons (Fsp3) is 0.429. The summed E-state index contributed by atoms with van der Waals surface area (Å²) in [5, 5.41) is 7.06. The third-order valence-corrected chi connectivity index (χ3v) is 2.68. The average molecular weight is 261 g/mol. The fourth-order valence-corrected chi connectivity index (χ4v) is 1.85. The number of hydrogen-bond acceptors (Lipinski definition) is 3. The summed E-state index contributed by atoms with van der Waals surface area (Å²) in [6, 6.07) is 5.61. The van der Waals surface area contributed by atoms with Gasteiger partial charge in [-0.2, -0.15) is 5.10 Å². The largest absolute Gasteiger partial charge is 0.464 e. The predicted octanol–water partition coefficient (Wildman–Crippen LogP) is 2.82. The molecule has 1 amide bonds. The summed E-state index contributed by atoms with van der Waals surface area (Å²) in [6.07, 6.45) is 2.17. The lowest BCUT2D eigenvalue weighted by Gasteiger charge is -2.09. The van der Waals surface area contributed by atoms with E-state index in [9.17, 15) is 4.79 Å². The molecule has 0 bridgehead atoms. The summed E-state index contributed by atoms with van der Waals surface area (Å²) in [4.78, 5) is 11.8. The molecule has 0 unspecified atom stereocenters. The van der Waals surface area contributed by atoms with Gasteiger partial charge in [0.15, 0.2) is 0 Å². The van der Waals surface area contributed by atoms with E-state index in [1.54, 1.807) is 16.9 Å². The molecule has 0 aliphatic rings. The number of aryl methyl sites for hydroxylation is 1. The standard InChI is InChI=1S/C14H19N3O2/c1-10(2)8-14(18)16-13-6-7-15-17(13)9-12-5-4-11(3)19-12/h4-7,10H,8-9H2,1-3H3,(H,16,18). The summed E-state index contributed by atoms with van der Waals surface area (Å²) < 4.78 is 7.23. The molecule has 5 nitrogen and oxygen atoms in total. The summed E-state index contributed by atoms with van der Waals surface area (Å²) in [7, 11) is 0. The van der Waals surface area contributed by atoms with Crippen LogP contribution >= 0.6 is 0 Å². The van der Waals surface area contributed by atoms with Gasteiger partial charge < -0.3 is 9.73 Å². The highest BCUT2D eigenvalue weighted by Crippen LogP contribution is 2.13. The molecule has 0 aliphatic heterocycles. The number of rotatable bonds is 5. The molecule has 0 radical (unpaired) electrons. The normalized spacial score (nSPS) is 10.9. The van der Waals surface area contributed by atoms with Gasteiger partial charge in [-0.15, -0.1) is 0 Å². The van der Waals surface area contributed by atoms with Gasteiger partial charge in [0.05, 0.1) is 6.20 Å². The molecule has 19 heavy (non-hydrogen) atoms. The number of anilines is 1. The number of amides is 1. The molecule has 102 valence electrons. The Balaban J connectivity index is 2.03. The topological polar surface area (TPSA) is 60.1 Å². The van der Waals surface area contributed by atoms with Crippen LogP contribution in [0, 0.1) is 12.8 Å². The summed E-state index contributed by atoms with van der Waals surface area (Å²) in [5.74, 6) is 2.73. The molecule has 0 saturated carbocycles. The number of aromatic nitrogens is 2. The molecular formula is C14H19N3O2. The maximum atomic E-state index is 11.8. The third-order valence-electron chi connectivity index (χ3n) is 2.68. The highest BCUT2D eigenvalue weighted by molar-refractivity contribution is 5.89. The van der Waals surface area contributed by atoms with Crippen LogP contribution in [-0.2, 0) is 11.3 Å². The van der Waals surface area contributed by atoms with Crippen molar-refractivity contribution in [1.82, 2.24) is 9.78 Å². The first-order valence-electron chi connectivity index (χ1n) is 6.41. The number of furan rings is 1. The number of carbonyl (C=O) groups excluding carboxylic acids is 1. The van der Waals surface area contributed by atoms with Crippen molar-refractivity contribution in [2.24, 2.45) is 5.92 Å². The predicted molar refractivity (Wildman–Crippen MR) is 72.9 cm³/mol. The van der Waals surface area contributed by atoms with Gasteiger partial charge in [-0.1, -0.05) is 13.8 Å². The zero-order chi connectivity index (χ0) is 13.8. The van der Waals surface area contributed by atoms with E-state index in [0.29, 0.717) is 24.7 Å². The lowest BCUT2D eigenvalue weighted by Crippen LogP contribution is -2.17. The molecule has 0 atom stereocenters. The van der Waals surface area contributed by atoms with Crippen LogP contribution in [0.1, 0.15) is 31.8 Å².